The Kier molecular flexibility index (Phi) is 7.60. The molecular weight excluding hydrogens is 385 g/mol. The van der Waals surface area contributed by atoms with Crippen molar-refractivity contribution in [2.75, 3.05) is 37.7 Å². The van der Waals surface area contributed by atoms with E-state index in [0.717, 1.165) is 0 Å². The minimum Gasteiger partial charge on any atom is -0.465 e. The molecule has 1 aliphatic carbocycles. The lowest BCUT2D eigenvalue weighted by Gasteiger charge is -2.18. The second-order valence-corrected chi connectivity index (χ2v) is 9.15. The molecule has 1 unspecified atom stereocenters. The number of rotatable bonds is 10. The molecule has 0 aliphatic heterocycles. The lowest BCUT2D eigenvalue weighted by molar-refractivity contribution is -0.148. The normalized spacial score (nSPS) is 23.9. The van der Waals surface area contributed by atoms with E-state index in [0.29, 0.717) is 6.42 Å². The number of hydrogen-bond donors (Lipinski definition) is 0. The van der Waals surface area contributed by atoms with E-state index in [1.807, 2.05) is 0 Å². The molecule has 5 nitrogen and oxygen atoms in total. The Hall–Kier alpha value is 0.780. The maximum absolute atomic E-state index is 12.3. The smallest absolute Gasteiger partial charge is 0.334 e. The summed E-state index contributed by atoms with van der Waals surface area (Å²) in [5, 5.41) is 0. The first-order valence-corrected chi connectivity index (χ1v) is 9.81. The van der Waals surface area contributed by atoms with Crippen LogP contribution in [-0.4, -0.2) is 48.0 Å². The molecule has 0 heterocycles. The van der Waals surface area contributed by atoms with Crippen LogP contribution in [0.1, 0.15) is 13.3 Å². The van der Waals surface area contributed by atoms with Crippen molar-refractivity contribution in [2.45, 2.75) is 17.7 Å². The first-order chi connectivity index (χ1) is 9.71. The Morgan fingerprint density at radius 2 is 1.62 bits per heavy atom. The molecule has 0 N–H and O–H groups in total. The van der Waals surface area contributed by atoms with Crippen molar-refractivity contribution >= 4 is 60.0 Å². The number of esters is 1. The standard InChI is InChI=1S/C11H17Cl4O5P/c1-10(8-11(10,14)15)9(16)18-6-7-21(17,19-4-2-12)20-5-3-13/h2-8H2,1H3. The molecule has 0 bridgehead atoms. The lowest BCUT2D eigenvalue weighted by Crippen LogP contribution is -2.23. The van der Waals surface area contributed by atoms with Gasteiger partial charge in [0, 0.05) is 18.2 Å². The van der Waals surface area contributed by atoms with Gasteiger partial charge in [0.15, 0.2) is 0 Å². The van der Waals surface area contributed by atoms with Crippen molar-refractivity contribution < 1.29 is 23.1 Å². The summed E-state index contributed by atoms with van der Waals surface area (Å²) in [5.41, 5.74) is -0.923. The quantitative estimate of drug-likeness (QED) is 0.316. The summed E-state index contributed by atoms with van der Waals surface area (Å²) in [7, 11) is -3.38. The average Bonchev–Trinajstić information content (AvgIpc) is 2.94. The van der Waals surface area contributed by atoms with Crippen LogP contribution in [0.3, 0.4) is 0 Å². The highest BCUT2D eigenvalue weighted by atomic mass is 35.5. The van der Waals surface area contributed by atoms with Gasteiger partial charge in [0.25, 0.3) is 0 Å². The summed E-state index contributed by atoms with van der Waals surface area (Å²) < 4.78 is 26.5. The molecule has 0 spiro atoms. The number of halogens is 4. The minimum atomic E-state index is -3.38. The van der Waals surface area contributed by atoms with Gasteiger partial charge < -0.3 is 13.8 Å². The Morgan fingerprint density at radius 1 is 1.14 bits per heavy atom. The fourth-order valence-corrected chi connectivity index (χ4v) is 3.99. The zero-order valence-electron chi connectivity index (χ0n) is 11.5. The van der Waals surface area contributed by atoms with E-state index in [1.54, 1.807) is 6.92 Å². The van der Waals surface area contributed by atoms with Crippen molar-refractivity contribution in [1.82, 2.24) is 0 Å². The van der Waals surface area contributed by atoms with E-state index in [1.165, 1.54) is 0 Å². The third-order valence-electron chi connectivity index (χ3n) is 3.04. The van der Waals surface area contributed by atoms with Crippen LogP contribution in [0, 0.1) is 5.41 Å². The molecular formula is C11H17Cl4O5P. The molecule has 1 rings (SSSR count). The molecule has 1 fully saturated rings. The van der Waals surface area contributed by atoms with Crippen LogP contribution in [0.25, 0.3) is 0 Å². The van der Waals surface area contributed by atoms with Gasteiger partial charge in [-0.15, -0.1) is 46.4 Å². The predicted molar refractivity (Wildman–Crippen MR) is 83.9 cm³/mol. The first kappa shape index (κ1) is 19.8. The third kappa shape index (κ3) is 5.42. The van der Waals surface area contributed by atoms with Crippen molar-refractivity contribution in [1.29, 1.82) is 0 Å². The maximum Gasteiger partial charge on any atom is 0.334 e. The van der Waals surface area contributed by atoms with Crippen LogP contribution in [0.2, 0.25) is 0 Å². The molecule has 21 heavy (non-hydrogen) atoms. The fraction of sp³-hybridized carbons (Fsp3) is 0.909. The van der Waals surface area contributed by atoms with Gasteiger partial charge >= 0.3 is 13.6 Å². The van der Waals surface area contributed by atoms with Crippen molar-refractivity contribution in [3.05, 3.63) is 0 Å². The van der Waals surface area contributed by atoms with Crippen LogP contribution in [-0.2, 0) is 23.1 Å². The Bertz CT molecular complexity index is 407. The third-order valence-corrected chi connectivity index (χ3v) is 6.33. The molecule has 0 amide bonds. The Balaban J connectivity index is 2.43. The minimum absolute atomic E-state index is 0.0687. The topological polar surface area (TPSA) is 61.8 Å². The Labute approximate surface area is 144 Å². The molecule has 10 heteroatoms. The van der Waals surface area contributed by atoms with Gasteiger partial charge in [-0.05, 0) is 6.92 Å². The largest absolute Gasteiger partial charge is 0.465 e. The number of hydrogen-bond acceptors (Lipinski definition) is 5. The number of carbonyl (C=O) groups excluding carboxylic acids is 1. The molecule has 0 saturated heterocycles. The Morgan fingerprint density at radius 3 is 2.00 bits per heavy atom. The predicted octanol–water partition coefficient (Wildman–Crippen LogP) is 3.82. The SMILES string of the molecule is CC1(C(=O)OCCP(=O)(OCCCl)OCCCl)CC1(Cl)Cl. The van der Waals surface area contributed by atoms with Crippen LogP contribution < -0.4 is 0 Å². The van der Waals surface area contributed by atoms with Gasteiger partial charge in [-0.1, -0.05) is 0 Å². The van der Waals surface area contributed by atoms with E-state index in [9.17, 15) is 9.36 Å². The van der Waals surface area contributed by atoms with E-state index in [4.69, 9.17) is 60.2 Å². The van der Waals surface area contributed by atoms with Crippen LogP contribution in [0.4, 0.5) is 0 Å². The molecule has 0 aromatic heterocycles. The zero-order chi connectivity index (χ0) is 16.1. The lowest BCUT2D eigenvalue weighted by atomic mass is 10.1. The second-order valence-electron chi connectivity index (χ2n) is 4.73. The highest BCUT2D eigenvalue weighted by Crippen LogP contribution is 2.64. The fourth-order valence-electron chi connectivity index (χ4n) is 1.54. The highest BCUT2D eigenvalue weighted by Gasteiger charge is 2.69. The van der Waals surface area contributed by atoms with E-state index < -0.39 is 23.3 Å². The van der Waals surface area contributed by atoms with Crippen molar-refractivity contribution in [3.8, 4) is 0 Å². The molecule has 124 valence electrons. The average molecular weight is 402 g/mol. The molecule has 0 radical (unpaired) electrons. The number of carbonyl (C=O) groups is 1. The van der Waals surface area contributed by atoms with Crippen LogP contribution >= 0.6 is 54.0 Å². The molecule has 0 aromatic rings. The zero-order valence-corrected chi connectivity index (χ0v) is 15.4. The molecule has 0 aromatic carbocycles. The maximum atomic E-state index is 12.3. The van der Waals surface area contributed by atoms with Gasteiger partial charge in [-0.25, -0.2) is 0 Å². The van der Waals surface area contributed by atoms with E-state index in [-0.39, 0.29) is 37.7 Å². The van der Waals surface area contributed by atoms with E-state index in [2.05, 4.69) is 0 Å². The highest BCUT2D eigenvalue weighted by molar-refractivity contribution is 7.53. The molecule has 1 aliphatic rings. The van der Waals surface area contributed by atoms with Crippen LogP contribution in [0.15, 0.2) is 0 Å². The monoisotopic (exact) mass is 400 g/mol. The summed E-state index contributed by atoms with van der Waals surface area (Å²) in [6, 6.07) is 0. The van der Waals surface area contributed by atoms with Gasteiger partial charge in [0.1, 0.15) is 16.4 Å². The number of ether oxygens (including phenoxy) is 1. The number of alkyl halides is 4. The van der Waals surface area contributed by atoms with Crippen LogP contribution in [0.5, 0.6) is 0 Å². The molecule has 1 atom stereocenters. The second kappa shape index (κ2) is 8.05. The van der Waals surface area contributed by atoms with Crippen molar-refractivity contribution in [3.63, 3.8) is 0 Å². The summed E-state index contributed by atoms with van der Waals surface area (Å²) in [6.45, 7) is 1.63. The molecule has 1 saturated carbocycles. The summed E-state index contributed by atoms with van der Waals surface area (Å²) in [6.07, 6.45) is 0.241. The summed E-state index contributed by atoms with van der Waals surface area (Å²) >= 11 is 22.7. The van der Waals surface area contributed by atoms with Gasteiger partial charge in [0.05, 0.1) is 19.4 Å². The van der Waals surface area contributed by atoms with Gasteiger partial charge in [0.2, 0.25) is 0 Å². The van der Waals surface area contributed by atoms with Gasteiger partial charge in [-0.2, -0.15) is 0 Å². The van der Waals surface area contributed by atoms with Gasteiger partial charge in [-0.3, -0.25) is 9.36 Å². The van der Waals surface area contributed by atoms with Crippen molar-refractivity contribution in [2.24, 2.45) is 5.41 Å². The first-order valence-electron chi connectivity index (χ1n) is 6.26. The van der Waals surface area contributed by atoms with E-state index >= 15 is 0 Å². The summed E-state index contributed by atoms with van der Waals surface area (Å²) in [5.74, 6) is -0.186. The summed E-state index contributed by atoms with van der Waals surface area (Å²) in [4.78, 5) is 11.9.